The van der Waals surface area contributed by atoms with Crippen molar-refractivity contribution in [1.82, 2.24) is 19.3 Å². The van der Waals surface area contributed by atoms with Gasteiger partial charge in [0.25, 0.3) is 0 Å². The molecule has 0 spiro atoms. The van der Waals surface area contributed by atoms with E-state index in [-0.39, 0.29) is 13.1 Å². The van der Waals surface area contributed by atoms with E-state index in [0.29, 0.717) is 4.90 Å². The largest absolute Gasteiger partial charge is 0.244 e. The van der Waals surface area contributed by atoms with Gasteiger partial charge in [-0.25, -0.2) is 13.1 Å². The van der Waals surface area contributed by atoms with Crippen molar-refractivity contribution in [1.29, 1.82) is 0 Å². The monoisotopic (exact) mass is 376 g/mol. The Bertz CT molecular complexity index is 1260. The molecule has 0 unspecified atom stereocenters. The van der Waals surface area contributed by atoms with E-state index in [2.05, 4.69) is 10.3 Å². The number of hydrogen-bond acceptors (Lipinski definition) is 4. The molecule has 4 aromatic rings. The number of rotatable bonds is 2. The Balaban J connectivity index is 1.68. The van der Waals surface area contributed by atoms with Crippen molar-refractivity contribution in [3.05, 3.63) is 84.2 Å². The molecule has 5 rings (SSSR count). The summed E-state index contributed by atoms with van der Waals surface area (Å²) in [6, 6.07) is 20.6. The third-order valence-electron chi connectivity index (χ3n) is 4.89. The third-order valence-corrected chi connectivity index (χ3v) is 6.74. The summed E-state index contributed by atoms with van der Waals surface area (Å²) in [6.45, 7) is 0.498. The molecule has 6 nitrogen and oxygen atoms in total. The molecule has 1 aliphatic rings. The molecule has 0 N–H and O–H groups in total. The molecule has 0 atom stereocenters. The highest BCUT2D eigenvalue weighted by Gasteiger charge is 2.31. The molecule has 0 radical (unpaired) electrons. The maximum atomic E-state index is 13.6. The zero-order valence-corrected chi connectivity index (χ0v) is 15.2. The van der Waals surface area contributed by atoms with E-state index in [9.17, 15) is 8.42 Å². The topological polar surface area (TPSA) is 68.1 Å². The predicted molar refractivity (Wildman–Crippen MR) is 102 cm³/mol. The number of hydrogen-bond donors (Lipinski definition) is 0. The number of nitrogens with zero attached hydrogens (tertiary/aromatic N) is 4. The van der Waals surface area contributed by atoms with Crippen LogP contribution < -0.4 is 0 Å². The van der Waals surface area contributed by atoms with E-state index in [0.717, 1.165) is 27.7 Å². The van der Waals surface area contributed by atoms with E-state index in [1.807, 2.05) is 54.6 Å². The molecule has 1 aromatic heterocycles. The van der Waals surface area contributed by atoms with Crippen LogP contribution in [0.15, 0.2) is 77.8 Å². The van der Waals surface area contributed by atoms with Gasteiger partial charge in [0.2, 0.25) is 10.0 Å². The Kier molecular flexibility index (Phi) is 3.60. The normalized spacial score (nSPS) is 14.5. The molecule has 27 heavy (non-hydrogen) atoms. The van der Waals surface area contributed by atoms with Gasteiger partial charge in [-0.2, -0.15) is 4.31 Å². The van der Waals surface area contributed by atoms with Crippen LogP contribution >= 0.6 is 0 Å². The highest BCUT2D eigenvalue weighted by atomic mass is 32.2. The van der Waals surface area contributed by atoms with E-state index in [1.165, 1.54) is 4.31 Å². The number of fused-ring (bicyclic) bond motifs is 4. The van der Waals surface area contributed by atoms with Crippen molar-refractivity contribution in [2.75, 3.05) is 0 Å². The average molecular weight is 376 g/mol. The summed E-state index contributed by atoms with van der Waals surface area (Å²) in [5.74, 6) is 0. The molecule has 0 saturated heterocycles. The zero-order valence-electron chi connectivity index (χ0n) is 14.4. The van der Waals surface area contributed by atoms with Crippen LogP contribution in [0.1, 0.15) is 11.3 Å². The molecule has 2 heterocycles. The van der Waals surface area contributed by atoms with E-state index >= 15 is 0 Å². The molecular weight excluding hydrogens is 360 g/mol. The molecular formula is C20H16N4O2S. The van der Waals surface area contributed by atoms with Crippen molar-refractivity contribution in [3.63, 3.8) is 0 Å². The lowest BCUT2D eigenvalue weighted by Gasteiger charge is -2.21. The van der Waals surface area contributed by atoms with Crippen molar-refractivity contribution in [2.45, 2.75) is 18.0 Å². The first-order valence-corrected chi connectivity index (χ1v) is 10.0. The molecule has 0 amide bonds. The fraction of sp³-hybridized carbons (Fsp3) is 0.100. The Labute approximate surface area is 156 Å². The fourth-order valence-corrected chi connectivity index (χ4v) is 5.18. The molecule has 1 aliphatic heterocycles. The number of sulfonamides is 1. The van der Waals surface area contributed by atoms with E-state index < -0.39 is 10.0 Å². The van der Waals surface area contributed by atoms with Crippen LogP contribution in [0.25, 0.3) is 16.5 Å². The summed E-state index contributed by atoms with van der Waals surface area (Å²) < 4.78 is 30.4. The van der Waals surface area contributed by atoms with Gasteiger partial charge < -0.3 is 0 Å². The van der Waals surface area contributed by atoms with Crippen LogP contribution in [-0.4, -0.2) is 27.7 Å². The molecule has 0 fully saturated rings. The third kappa shape index (κ3) is 2.55. The Morgan fingerprint density at radius 1 is 0.852 bits per heavy atom. The van der Waals surface area contributed by atoms with E-state index in [4.69, 9.17) is 0 Å². The van der Waals surface area contributed by atoms with Gasteiger partial charge in [-0.05, 0) is 23.1 Å². The van der Waals surface area contributed by atoms with Crippen LogP contribution in [-0.2, 0) is 23.1 Å². The Morgan fingerprint density at radius 3 is 2.56 bits per heavy atom. The van der Waals surface area contributed by atoms with Crippen molar-refractivity contribution in [3.8, 4) is 5.69 Å². The summed E-state index contributed by atoms with van der Waals surface area (Å²) in [5.41, 5.74) is 2.50. The zero-order chi connectivity index (χ0) is 18.4. The van der Waals surface area contributed by atoms with Gasteiger partial charge in [-0.15, -0.1) is 5.10 Å². The Morgan fingerprint density at radius 2 is 1.63 bits per heavy atom. The molecule has 3 aromatic carbocycles. The van der Waals surface area contributed by atoms with E-state index in [1.54, 1.807) is 23.0 Å². The summed E-state index contributed by atoms with van der Waals surface area (Å²) in [5, 5.41) is 9.75. The van der Waals surface area contributed by atoms with Gasteiger partial charge in [0.1, 0.15) is 0 Å². The number of aromatic nitrogens is 3. The highest BCUT2D eigenvalue weighted by Crippen LogP contribution is 2.30. The van der Waals surface area contributed by atoms with Gasteiger partial charge >= 0.3 is 0 Å². The van der Waals surface area contributed by atoms with Gasteiger partial charge in [0, 0.05) is 11.9 Å². The van der Waals surface area contributed by atoms with Crippen LogP contribution in [0.5, 0.6) is 0 Å². The molecule has 0 aliphatic carbocycles. The van der Waals surface area contributed by atoms with Crippen LogP contribution in [0, 0.1) is 0 Å². The van der Waals surface area contributed by atoms with Gasteiger partial charge in [-0.3, -0.25) is 0 Å². The molecule has 134 valence electrons. The van der Waals surface area contributed by atoms with Crippen LogP contribution in [0.4, 0.5) is 0 Å². The van der Waals surface area contributed by atoms with Gasteiger partial charge in [-0.1, -0.05) is 59.8 Å². The quantitative estimate of drug-likeness (QED) is 0.539. The SMILES string of the molecule is O=S(=O)(c1cccc2ccccc12)N1Cc2ccccc2-n2nncc2C1. The average Bonchev–Trinajstić information content (AvgIpc) is 3.09. The lowest BCUT2D eigenvalue weighted by atomic mass is 10.1. The predicted octanol–water partition coefficient (Wildman–Crippen LogP) is 3.13. The second-order valence-corrected chi connectivity index (χ2v) is 8.42. The first-order valence-electron chi connectivity index (χ1n) is 8.60. The fourth-order valence-electron chi connectivity index (χ4n) is 3.57. The van der Waals surface area contributed by atoms with Crippen LogP contribution in [0.2, 0.25) is 0 Å². The van der Waals surface area contributed by atoms with Crippen LogP contribution in [0.3, 0.4) is 0 Å². The first kappa shape index (κ1) is 16.2. The standard InChI is InChI=1S/C20H16N4O2S/c25-27(26,20-11-5-8-15-6-1-3-9-18(15)20)23-13-16-7-2-4-10-19(16)24-17(14-23)12-21-22-24/h1-12H,13-14H2. The van der Waals surface area contributed by atoms with Gasteiger partial charge in [0.05, 0.1) is 29.0 Å². The smallest absolute Gasteiger partial charge is 0.216 e. The minimum absolute atomic E-state index is 0.216. The molecule has 0 saturated carbocycles. The summed E-state index contributed by atoms with van der Waals surface area (Å²) in [6.07, 6.45) is 1.62. The maximum absolute atomic E-state index is 13.6. The maximum Gasteiger partial charge on any atom is 0.244 e. The lowest BCUT2D eigenvalue weighted by molar-refractivity contribution is 0.401. The number of para-hydroxylation sites is 1. The Hall–Kier alpha value is -3.03. The summed E-state index contributed by atoms with van der Waals surface area (Å²) in [7, 11) is -3.71. The minimum atomic E-state index is -3.71. The molecule has 0 bridgehead atoms. The van der Waals surface area contributed by atoms with Crippen molar-refractivity contribution >= 4 is 20.8 Å². The highest BCUT2D eigenvalue weighted by molar-refractivity contribution is 7.89. The van der Waals surface area contributed by atoms with Crippen molar-refractivity contribution < 1.29 is 8.42 Å². The second kappa shape index (κ2) is 6.00. The first-order chi connectivity index (χ1) is 13.1. The van der Waals surface area contributed by atoms with Gasteiger partial charge in [0.15, 0.2) is 0 Å². The molecule has 7 heteroatoms. The second-order valence-electron chi connectivity index (χ2n) is 6.52. The summed E-state index contributed by atoms with van der Waals surface area (Å²) >= 11 is 0. The van der Waals surface area contributed by atoms with Crippen molar-refractivity contribution in [2.24, 2.45) is 0 Å². The minimum Gasteiger partial charge on any atom is -0.216 e. The number of benzene rings is 3. The summed E-state index contributed by atoms with van der Waals surface area (Å²) in [4.78, 5) is 0.319. The lowest BCUT2D eigenvalue weighted by Crippen LogP contribution is -2.29.